The van der Waals surface area contributed by atoms with Gasteiger partial charge in [0.1, 0.15) is 11.5 Å². The fraction of sp³-hybridized carbons (Fsp3) is 0.320. The Morgan fingerprint density at radius 1 is 1.08 bits per heavy atom. The van der Waals surface area contributed by atoms with Crippen molar-refractivity contribution in [1.82, 2.24) is 34.8 Å². The number of fused-ring (bicyclic) bond motifs is 1. The van der Waals surface area contributed by atoms with Gasteiger partial charge in [0, 0.05) is 33.4 Å². The van der Waals surface area contributed by atoms with Crippen molar-refractivity contribution in [3.63, 3.8) is 0 Å². The Balaban J connectivity index is 1.39. The lowest BCUT2D eigenvalue weighted by atomic mass is 10.1. The third kappa shape index (κ3) is 4.79. The second-order valence-corrected chi connectivity index (χ2v) is 8.76. The van der Waals surface area contributed by atoms with Crippen molar-refractivity contribution >= 4 is 28.7 Å². The van der Waals surface area contributed by atoms with E-state index in [9.17, 15) is 4.79 Å². The predicted octanol–water partition coefficient (Wildman–Crippen LogP) is 2.33. The smallest absolute Gasteiger partial charge is 0.293 e. The van der Waals surface area contributed by atoms with Crippen molar-refractivity contribution in [1.29, 1.82) is 0 Å². The Hall–Kier alpha value is -4.59. The molecule has 0 spiro atoms. The highest BCUT2D eigenvalue weighted by atomic mass is 16.2. The van der Waals surface area contributed by atoms with Gasteiger partial charge in [-0.3, -0.25) is 4.79 Å². The first-order valence-electron chi connectivity index (χ1n) is 11.8. The lowest BCUT2D eigenvalue weighted by Gasteiger charge is -2.29. The van der Waals surface area contributed by atoms with Crippen LogP contribution in [-0.2, 0) is 0 Å². The number of pyridine rings is 1. The van der Waals surface area contributed by atoms with Crippen molar-refractivity contribution in [3.05, 3.63) is 59.7 Å². The summed E-state index contributed by atoms with van der Waals surface area (Å²) in [5.74, 6) is 6.85. The Morgan fingerprint density at radius 3 is 2.69 bits per heavy atom. The van der Waals surface area contributed by atoms with Gasteiger partial charge >= 0.3 is 0 Å². The molecule has 5 rings (SSSR count). The molecule has 1 fully saturated rings. The number of anilines is 3. The van der Waals surface area contributed by atoms with E-state index in [-0.39, 0.29) is 5.82 Å². The molecule has 4 aromatic heterocycles. The molecule has 0 atom stereocenters. The molecule has 1 amide bonds. The molecular weight excluding hydrogens is 456 g/mol. The first-order valence-corrected chi connectivity index (χ1v) is 11.8. The summed E-state index contributed by atoms with van der Waals surface area (Å²) in [4.78, 5) is 30.4. The van der Waals surface area contributed by atoms with E-state index in [4.69, 9.17) is 0 Å². The zero-order valence-electron chi connectivity index (χ0n) is 20.4. The molecule has 1 saturated heterocycles. The Bertz CT molecular complexity index is 1480. The fourth-order valence-electron chi connectivity index (χ4n) is 4.10. The van der Waals surface area contributed by atoms with E-state index in [2.05, 4.69) is 52.3 Å². The molecule has 1 aliphatic heterocycles. The van der Waals surface area contributed by atoms with Crippen molar-refractivity contribution in [2.75, 3.05) is 42.3 Å². The van der Waals surface area contributed by atoms with E-state index in [0.717, 1.165) is 24.5 Å². The topological polar surface area (TPSA) is 117 Å². The van der Waals surface area contributed by atoms with E-state index in [1.165, 1.54) is 19.3 Å². The first-order chi connectivity index (χ1) is 17.5. The van der Waals surface area contributed by atoms with Crippen LogP contribution in [0.15, 0.2) is 36.8 Å². The monoisotopic (exact) mass is 482 g/mol. The lowest BCUT2D eigenvalue weighted by Crippen LogP contribution is -2.30. The maximum atomic E-state index is 13.0. The van der Waals surface area contributed by atoms with Crippen molar-refractivity contribution in [2.24, 2.45) is 0 Å². The standard InChI is InChI=1S/C25H26N10O/c1-17-14-18(15-27-24(17)34-12-5-4-6-13-34)29-25(36)23-26-16-20(33(2)3)19(30-23)9-10-22-32-31-21-8-7-11-28-35(21)22/h7-8,11,14-16H,4-6,12-13H2,1-3H3,(H,29,36). The minimum atomic E-state index is -0.440. The van der Waals surface area contributed by atoms with Crippen molar-refractivity contribution in [3.8, 4) is 11.8 Å². The van der Waals surface area contributed by atoms with Crippen LogP contribution in [0.25, 0.3) is 5.65 Å². The van der Waals surface area contributed by atoms with Gasteiger partial charge in [-0.25, -0.2) is 15.0 Å². The highest BCUT2D eigenvalue weighted by molar-refractivity contribution is 6.01. The number of hydrogen-bond donors (Lipinski definition) is 1. The largest absolute Gasteiger partial charge is 0.374 e. The van der Waals surface area contributed by atoms with Crippen LogP contribution < -0.4 is 15.1 Å². The second kappa shape index (κ2) is 9.95. The van der Waals surface area contributed by atoms with Crippen molar-refractivity contribution < 1.29 is 4.79 Å². The van der Waals surface area contributed by atoms with Gasteiger partial charge in [-0.2, -0.15) is 9.61 Å². The van der Waals surface area contributed by atoms with Crippen LogP contribution >= 0.6 is 0 Å². The second-order valence-electron chi connectivity index (χ2n) is 8.76. The zero-order chi connectivity index (χ0) is 25.1. The Morgan fingerprint density at radius 2 is 1.92 bits per heavy atom. The van der Waals surface area contributed by atoms with Gasteiger partial charge in [-0.15, -0.1) is 10.2 Å². The van der Waals surface area contributed by atoms with Gasteiger partial charge in [0.15, 0.2) is 5.65 Å². The van der Waals surface area contributed by atoms with Gasteiger partial charge < -0.3 is 15.1 Å². The number of carbonyl (C=O) groups excluding carboxylic acids is 1. The van der Waals surface area contributed by atoms with E-state index >= 15 is 0 Å². The summed E-state index contributed by atoms with van der Waals surface area (Å²) >= 11 is 0. The average molecular weight is 483 g/mol. The summed E-state index contributed by atoms with van der Waals surface area (Å²) in [6.45, 7) is 4.03. The summed E-state index contributed by atoms with van der Waals surface area (Å²) < 4.78 is 1.54. The minimum absolute atomic E-state index is 0.00638. The summed E-state index contributed by atoms with van der Waals surface area (Å²) in [7, 11) is 3.71. The summed E-state index contributed by atoms with van der Waals surface area (Å²) in [6, 6.07) is 5.49. The van der Waals surface area contributed by atoms with E-state index in [0.29, 0.717) is 28.5 Å². The summed E-state index contributed by atoms with van der Waals surface area (Å²) in [5, 5.41) is 15.2. The Labute approximate surface area is 208 Å². The van der Waals surface area contributed by atoms with Crippen LogP contribution in [0.1, 0.15) is 47.0 Å². The highest BCUT2D eigenvalue weighted by Crippen LogP contribution is 2.24. The van der Waals surface area contributed by atoms with Crippen LogP contribution in [0.4, 0.5) is 17.2 Å². The number of aryl methyl sites for hydroxylation is 1. The van der Waals surface area contributed by atoms with Gasteiger partial charge in [-0.1, -0.05) is 0 Å². The molecule has 0 radical (unpaired) electrons. The molecule has 5 heterocycles. The van der Waals surface area contributed by atoms with Gasteiger partial charge in [0.05, 0.1) is 23.8 Å². The normalized spacial score (nSPS) is 13.2. The van der Waals surface area contributed by atoms with Crippen molar-refractivity contribution in [2.45, 2.75) is 26.2 Å². The molecule has 11 heteroatoms. The number of nitrogens with zero attached hydrogens (tertiary/aromatic N) is 9. The number of carbonyl (C=O) groups is 1. The molecule has 0 aliphatic carbocycles. The van der Waals surface area contributed by atoms with Crippen LogP contribution in [0.2, 0.25) is 0 Å². The molecule has 0 saturated carbocycles. The van der Waals surface area contributed by atoms with E-state index < -0.39 is 5.91 Å². The number of hydrogen-bond acceptors (Lipinski definition) is 9. The summed E-state index contributed by atoms with van der Waals surface area (Å²) in [5.41, 5.74) is 3.26. The molecule has 11 nitrogen and oxygen atoms in total. The van der Waals surface area contributed by atoms with E-state index in [1.807, 2.05) is 32.0 Å². The molecule has 0 bridgehead atoms. The maximum absolute atomic E-state index is 13.0. The number of rotatable bonds is 4. The molecular formula is C25H26N10O. The van der Waals surface area contributed by atoms with Crippen LogP contribution in [0.5, 0.6) is 0 Å². The number of amides is 1. The number of aromatic nitrogens is 7. The molecule has 0 aromatic carbocycles. The van der Waals surface area contributed by atoms with E-state index in [1.54, 1.807) is 35.2 Å². The van der Waals surface area contributed by atoms with Crippen LogP contribution in [-0.4, -0.2) is 67.9 Å². The quantitative estimate of drug-likeness (QED) is 0.437. The third-order valence-electron chi connectivity index (χ3n) is 5.89. The molecule has 36 heavy (non-hydrogen) atoms. The Kier molecular flexibility index (Phi) is 6.40. The maximum Gasteiger partial charge on any atom is 0.293 e. The van der Waals surface area contributed by atoms with Gasteiger partial charge in [-0.05, 0) is 61.8 Å². The number of nitrogens with one attached hydrogen (secondary N) is 1. The van der Waals surface area contributed by atoms with Crippen LogP contribution in [0.3, 0.4) is 0 Å². The average Bonchev–Trinajstić information content (AvgIpc) is 3.31. The minimum Gasteiger partial charge on any atom is -0.374 e. The molecule has 4 aromatic rings. The summed E-state index contributed by atoms with van der Waals surface area (Å²) in [6.07, 6.45) is 8.50. The number of piperidine rings is 1. The van der Waals surface area contributed by atoms with Gasteiger partial charge in [0.25, 0.3) is 5.91 Å². The SMILES string of the molecule is Cc1cc(NC(=O)c2ncc(N(C)C)c(C#Cc3nnc4cccnn34)n2)cnc1N1CCCCC1. The fourth-order valence-corrected chi connectivity index (χ4v) is 4.10. The van der Waals surface area contributed by atoms with Gasteiger partial charge in [0.2, 0.25) is 11.6 Å². The third-order valence-corrected chi connectivity index (χ3v) is 5.89. The van der Waals surface area contributed by atoms with Crippen LogP contribution in [0, 0.1) is 18.8 Å². The first kappa shape index (κ1) is 23.2. The zero-order valence-corrected chi connectivity index (χ0v) is 20.4. The molecule has 182 valence electrons. The highest BCUT2D eigenvalue weighted by Gasteiger charge is 2.17. The molecule has 1 aliphatic rings. The lowest BCUT2D eigenvalue weighted by molar-refractivity contribution is 0.101. The molecule has 1 N–H and O–H groups in total. The molecule has 0 unspecified atom stereocenters. The predicted molar refractivity (Wildman–Crippen MR) is 136 cm³/mol.